The molecule has 0 unspecified atom stereocenters. The van der Waals surface area contributed by atoms with Crippen LogP contribution in [0.1, 0.15) is 11.1 Å². The van der Waals surface area contributed by atoms with Gasteiger partial charge in [-0.05, 0) is 11.1 Å². The molecule has 1 heterocycles. The van der Waals surface area contributed by atoms with Gasteiger partial charge in [-0.2, -0.15) is 4.31 Å². The summed E-state index contributed by atoms with van der Waals surface area (Å²) in [5, 5.41) is 5.14. The van der Waals surface area contributed by atoms with Crippen LogP contribution in [0.2, 0.25) is 0 Å². The topological polar surface area (TPSA) is 87.7 Å². The third-order valence-electron chi connectivity index (χ3n) is 3.49. The molecule has 1 aromatic carbocycles. The van der Waals surface area contributed by atoms with Gasteiger partial charge in [0.1, 0.15) is 0 Å². The molecular weight excluding hydrogens is 306 g/mol. The largest absolute Gasteiger partial charge is 0.379 e. The van der Waals surface area contributed by atoms with Crippen LogP contribution in [0.3, 0.4) is 0 Å². The number of carbonyl (C=O) groups is 1. The fourth-order valence-electron chi connectivity index (χ4n) is 2.25. The number of nitrogens with one attached hydrogen (secondary N) is 2. The first kappa shape index (κ1) is 16.7. The third-order valence-corrected chi connectivity index (χ3v) is 5.31. The van der Waals surface area contributed by atoms with Crippen molar-refractivity contribution in [3.8, 4) is 0 Å². The first-order valence-electron chi connectivity index (χ1n) is 7.11. The predicted molar refractivity (Wildman–Crippen MR) is 82.8 cm³/mol. The van der Waals surface area contributed by atoms with E-state index in [0.29, 0.717) is 31.9 Å². The number of sulfonamides is 1. The molecule has 22 heavy (non-hydrogen) atoms. The SMILES string of the molecule is CNC(=O)NCc1ccccc1CS(=O)(=O)N1CCOCC1. The van der Waals surface area contributed by atoms with E-state index < -0.39 is 10.0 Å². The molecule has 2 rings (SSSR count). The number of urea groups is 1. The number of hydrogen-bond acceptors (Lipinski definition) is 4. The van der Waals surface area contributed by atoms with Crippen LogP contribution in [0.15, 0.2) is 24.3 Å². The molecule has 0 aromatic heterocycles. The van der Waals surface area contributed by atoms with Gasteiger partial charge < -0.3 is 15.4 Å². The molecule has 2 N–H and O–H groups in total. The minimum Gasteiger partial charge on any atom is -0.379 e. The van der Waals surface area contributed by atoms with E-state index in [4.69, 9.17) is 4.74 Å². The second-order valence-corrected chi connectivity index (χ2v) is 6.94. The van der Waals surface area contributed by atoms with Crippen molar-refractivity contribution < 1.29 is 17.9 Å². The zero-order valence-electron chi connectivity index (χ0n) is 12.5. The summed E-state index contributed by atoms with van der Waals surface area (Å²) in [6.45, 7) is 1.93. The molecule has 8 heteroatoms. The summed E-state index contributed by atoms with van der Waals surface area (Å²) in [6, 6.07) is 6.92. The van der Waals surface area contributed by atoms with E-state index in [1.807, 2.05) is 12.1 Å². The Morgan fingerprint density at radius 2 is 1.86 bits per heavy atom. The monoisotopic (exact) mass is 327 g/mol. The highest BCUT2D eigenvalue weighted by atomic mass is 32.2. The Morgan fingerprint density at radius 1 is 1.23 bits per heavy atom. The van der Waals surface area contributed by atoms with E-state index in [-0.39, 0.29) is 18.3 Å². The van der Waals surface area contributed by atoms with Crippen LogP contribution in [0.5, 0.6) is 0 Å². The number of ether oxygens (including phenoxy) is 1. The van der Waals surface area contributed by atoms with E-state index in [1.165, 1.54) is 11.4 Å². The average molecular weight is 327 g/mol. The van der Waals surface area contributed by atoms with Gasteiger partial charge in [-0.3, -0.25) is 0 Å². The predicted octanol–water partition coefficient (Wildman–Crippen LogP) is 0.278. The third kappa shape index (κ3) is 4.43. The van der Waals surface area contributed by atoms with Crippen molar-refractivity contribution in [2.45, 2.75) is 12.3 Å². The smallest absolute Gasteiger partial charge is 0.314 e. The van der Waals surface area contributed by atoms with Crippen molar-refractivity contribution in [3.05, 3.63) is 35.4 Å². The maximum absolute atomic E-state index is 12.5. The summed E-state index contributed by atoms with van der Waals surface area (Å²) in [7, 11) is -1.85. The fourth-order valence-corrected chi connectivity index (χ4v) is 3.81. The summed E-state index contributed by atoms with van der Waals surface area (Å²) >= 11 is 0. The first-order chi connectivity index (χ1) is 10.5. The average Bonchev–Trinajstić information content (AvgIpc) is 2.54. The van der Waals surface area contributed by atoms with Crippen LogP contribution >= 0.6 is 0 Å². The van der Waals surface area contributed by atoms with Gasteiger partial charge in [-0.25, -0.2) is 13.2 Å². The Labute approximate surface area is 130 Å². The molecule has 1 saturated heterocycles. The quantitative estimate of drug-likeness (QED) is 0.813. The van der Waals surface area contributed by atoms with Crippen LogP contribution in [-0.2, 0) is 27.1 Å². The summed E-state index contributed by atoms with van der Waals surface area (Å²) in [4.78, 5) is 11.3. The number of nitrogens with zero attached hydrogens (tertiary/aromatic N) is 1. The molecule has 2 amide bonds. The molecule has 0 bridgehead atoms. The number of amides is 2. The summed E-state index contributed by atoms with van der Waals surface area (Å²) in [5.74, 6) is -0.0708. The van der Waals surface area contributed by atoms with E-state index in [9.17, 15) is 13.2 Å². The molecule has 1 aliphatic heterocycles. The number of carbonyl (C=O) groups excluding carboxylic acids is 1. The molecule has 1 aromatic rings. The van der Waals surface area contributed by atoms with E-state index in [0.717, 1.165) is 5.56 Å². The van der Waals surface area contributed by atoms with E-state index in [2.05, 4.69) is 10.6 Å². The Kier molecular flexibility index (Phi) is 5.76. The van der Waals surface area contributed by atoms with Crippen LogP contribution < -0.4 is 10.6 Å². The Bertz CT molecular complexity index is 612. The van der Waals surface area contributed by atoms with Gasteiger partial charge in [0, 0.05) is 26.7 Å². The molecule has 0 spiro atoms. The van der Waals surface area contributed by atoms with Gasteiger partial charge in [0.05, 0.1) is 19.0 Å². The second-order valence-electron chi connectivity index (χ2n) is 4.97. The zero-order valence-corrected chi connectivity index (χ0v) is 13.4. The number of benzene rings is 1. The fraction of sp³-hybridized carbons (Fsp3) is 0.500. The molecule has 7 nitrogen and oxygen atoms in total. The van der Waals surface area contributed by atoms with Crippen molar-refractivity contribution >= 4 is 16.1 Å². The number of morpholine rings is 1. The lowest BCUT2D eigenvalue weighted by atomic mass is 10.1. The second kappa shape index (κ2) is 7.57. The summed E-state index contributed by atoms with van der Waals surface area (Å²) < 4.78 is 31.6. The summed E-state index contributed by atoms with van der Waals surface area (Å²) in [6.07, 6.45) is 0. The van der Waals surface area contributed by atoms with Crippen LogP contribution in [0, 0.1) is 0 Å². The van der Waals surface area contributed by atoms with Crippen molar-refractivity contribution in [2.24, 2.45) is 0 Å². The zero-order chi connectivity index (χ0) is 16.0. The van der Waals surface area contributed by atoms with Crippen molar-refractivity contribution in [3.63, 3.8) is 0 Å². The van der Waals surface area contributed by atoms with Gasteiger partial charge in [-0.15, -0.1) is 0 Å². The normalized spacial score (nSPS) is 16.2. The Balaban J connectivity index is 2.09. The van der Waals surface area contributed by atoms with Gasteiger partial charge >= 0.3 is 6.03 Å². The van der Waals surface area contributed by atoms with Crippen molar-refractivity contribution in [1.29, 1.82) is 0 Å². The van der Waals surface area contributed by atoms with E-state index >= 15 is 0 Å². The van der Waals surface area contributed by atoms with E-state index in [1.54, 1.807) is 12.1 Å². The van der Waals surface area contributed by atoms with Gasteiger partial charge in [0.25, 0.3) is 0 Å². The molecule has 0 saturated carbocycles. The van der Waals surface area contributed by atoms with Gasteiger partial charge in [-0.1, -0.05) is 24.3 Å². The lowest BCUT2D eigenvalue weighted by Gasteiger charge is -2.26. The highest BCUT2D eigenvalue weighted by molar-refractivity contribution is 7.88. The minimum absolute atomic E-state index is 0.0708. The minimum atomic E-state index is -3.38. The van der Waals surface area contributed by atoms with Crippen molar-refractivity contribution in [2.75, 3.05) is 33.4 Å². The lowest BCUT2D eigenvalue weighted by Crippen LogP contribution is -2.41. The maximum atomic E-state index is 12.5. The maximum Gasteiger partial charge on any atom is 0.314 e. The Morgan fingerprint density at radius 3 is 2.50 bits per heavy atom. The standard InChI is InChI=1S/C14H21N3O4S/c1-15-14(18)16-10-12-4-2-3-5-13(12)11-22(19,20)17-6-8-21-9-7-17/h2-5H,6-11H2,1H3,(H2,15,16,18). The Hall–Kier alpha value is -1.64. The molecule has 122 valence electrons. The highest BCUT2D eigenvalue weighted by Crippen LogP contribution is 2.16. The molecule has 1 fully saturated rings. The first-order valence-corrected chi connectivity index (χ1v) is 8.72. The van der Waals surface area contributed by atoms with Crippen molar-refractivity contribution in [1.82, 2.24) is 14.9 Å². The highest BCUT2D eigenvalue weighted by Gasteiger charge is 2.25. The molecule has 0 radical (unpaired) electrons. The van der Waals surface area contributed by atoms with Gasteiger partial charge in [0.15, 0.2) is 0 Å². The lowest BCUT2D eigenvalue weighted by molar-refractivity contribution is 0.0729. The van der Waals surface area contributed by atoms with Crippen LogP contribution in [-0.4, -0.2) is 52.1 Å². The molecule has 0 atom stereocenters. The molecular formula is C14H21N3O4S. The number of hydrogen-bond donors (Lipinski definition) is 2. The van der Waals surface area contributed by atoms with Gasteiger partial charge in [0.2, 0.25) is 10.0 Å². The molecule has 0 aliphatic carbocycles. The number of rotatable bonds is 5. The van der Waals surface area contributed by atoms with Crippen LogP contribution in [0.4, 0.5) is 4.79 Å². The summed E-state index contributed by atoms with van der Waals surface area (Å²) in [5.41, 5.74) is 1.49. The van der Waals surface area contributed by atoms with Crippen LogP contribution in [0.25, 0.3) is 0 Å². The molecule has 1 aliphatic rings.